The summed E-state index contributed by atoms with van der Waals surface area (Å²) in [6.45, 7) is 0. The summed E-state index contributed by atoms with van der Waals surface area (Å²) in [7, 11) is -4.08. The second kappa shape index (κ2) is 9.55. The fraction of sp³-hybridized carbons (Fsp3) is 0. The number of rotatable bonds is 7. The number of nitrogen functional groups attached to an aromatic ring is 1. The number of fused-ring (bicyclic) bond motifs is 1. The molecule has 37 heavy (non-hydrogen) atoms. The fourth-order valence-corrected chi connectivity index (χ4v) is 5.11. The molecule has 0 aliphatic carbocycles. The van der Waals surface area contributed by atoms with Gasteiger partial charge in [-0.15, -0.1) is 0 Å². The Morgan fingerprint density at radius 3 is 2.49 bits per heavy atom. The predicted molar refractivity (Wildman–Crippen MR) is 142 cm³/mol. The third kappa shape index (κ3) is 4.50. The molecular formula is C26H21N7O3S. The Balaban J connectivity index is 1.56. The van der Waals surface area contributed by atoms with Crippen LogP contribution in [0.4, 0.5) is 5.69 Å². The van der Waals surface area contributed by atoms with E-state index in [0.717, 1.165) is 10.9 Å². The van der Waals surface area contributed by atoms with Gasteiger partial charge in [0.25, 0.3) is 5.16 Å². The van der Waals surface area contributed by atoms with Crippen LogP contribution in [-0.4, -0.2) is 34.1 Å². The highest BCUT2D eigenvalue weighted by atomic mass is 32.2. The molecule has 3 aromatic carbocycles. The van der Waals surface area contributed by atoms with Crippen LogP contribution in [0.25, 0.3) is 22.4 Å². The maximum absolute atomic E-state index is 13.4. The fourth-order valence-electron chi connectivity index (χ4n) is 3.79. The highest BCUT2D eigenvalue weighted by Gasteiger charge is 2.25. The summed E-state index contributed by atoms with van der Waals surface area (Å²) in [6.07, 6.45) is 3.92. The second-order valence-corrected chi connectivity index (χ2v) is 9.81. The summed E-state index contributed by atoms with van der Waals surface area (Å²) in [5.74, 6) is 6.06. The Kier molecular flexibility index (Phi) is 6.12. The van der Waals surface area contributed by atoms with Gasteiger partial charge in [0.05, 0.1) is 27.3 Å². The van der Waals surface area contributed by atoms with Crippen molar-refractivity contribution in [2.75, 3.05) is 11.2 Å². The number of nitrogens with zero attached hydrogens (tertiary/aromatic N) is 4. The van der Waals surface area contributed by atoms with Crippen molar-refractivity contribution in [1.82, 2.24) is 19.4 Å². The van der Waals surface area contributed by atoms with Crippen molar-refractivity contribution in [2.45, 2.75) is 10.1 Å². The number of hydrogen-bond donors (Lipinski definition) is 3. The molecule has 0 radical (unpaired) electrons. The largest absolute Gasteiger partial charge is 0.354 e. The van der Waals surface area contributed by atoms with Crippen LogP contribution < -0.4 is 16.6 Å². The summed E-state index contributed by atoms with van der Waals surface area (Å²) >= 11 is 0. The lowest BCUT2D eigenvalue weighted by Crippen LogP contribution is -2.19. The van der Waals surface area contributed by atoms with Gasteiger partial charge < -0.3 is 16.6 Å². The number of hydrogen-bond acceptors (Lipinski definition) is 8. The van der Waals surface area contributed by atoms with E-state index in [2.05, 4.69) is 15.4 Å². The van der Waals surface area contributed by atoms with Crippen molar-refractivity contribution in [3.8, 4) is 5.69 Å². The Morgan fingerprint density at radius 1 is 0.973 bits per heavy atom. The first-order chi connectivity index (χ1) is 17.9. The smallest absolute Gasteiger partial charge is 0.252 e. The van der Waals surface area contributed by atoms with E-state index in [1.807, 2.05) is 30.3 Å². The van der Waals surface area contributed by atoms with Crippen LogP contribution in [0.3, 0.4) is 0 Å². The number of nitrogens with two attached hydrogens (primary N) is 1. The minimum Gasteiger partial charge on any atom is -0.354 e. The molecule has 0 aliphatic rings. The number of para-hydroxylation sites is 3. The molecule has 0 spiro atoms. The van der Waals surface area contributed by atoms with Gasteiger partial charge in [-0.05, 0) is 48.5 Å². The summed E-state index contributed by atoms with van der Waals surface area (Å²) in [4.78, 5) is 16.9. The number of benzene rings is 3. The van der Waals surface area contributed by atoms with Gasteiger partial charge in [-0.3, -0.25) is 4.79 Å². The normalized spacial score (nSPS) is 11.9. The zero-order chi connectivity index (χ0) is 26.0. The molecule has 5 aromatic rings. The average molecular weight is 512 g/mol. The Bertz CT molecular complexity index is 1820. The molecule has 10 nitrogen and oxygen atoms in total. The van der Waals surface area contributed by atoms with E-state index >= 15 is 0 Å². The van der Waals surface area contributed by atoms with Crippen LogP contribution in [0.2, 0.25) is 0 Å². The standard InChI is InChI=1S/C26H21N7O3S/c27-15-13-22(29-18-7-2-1-3-8-18)25-24(34)14-16-32(31-25)19-9-6-10-20(17-19)37(35,36)26-30-21-11-4-5-12-23(21)33(26)28/h1-17,27,29H,28H2/b22-13-,27-15?. The van der Waals surface area contributed by atoms with Crippen molar-refractivity contribution in [3.05, 3.63) is 113 Å². The SMILES string of the molecule is N=C/C=C(\Nc1ccccc1)c1nn(-c2cccc(S(=O)(=O)c3nc4ccccc4n3N)c2)ccc1=O. The van der Waals surface area contributed by atoms with Crippen LogP contribution in [0.1, 0.15) is 5.69 Å². The zero-order valence-electron chi connectivity index (χ0n) is 19.3. The molecule has 0 saturated heterocycles. The van der Waals surface area contributed by atoms with E-state index in [1.165, 1.54) is 35.2 Å². The molecule has 2 heterocycles. The molecule has 0 bridgehead atoms. The number of sulfone groups is 1. The van der Waals surface area contributed by atoms with Crippen LogP contribution in [0.15, 0.2) is 112 Å². The van der Waals surface area contributed by atoms with Crippen molar-refractivity contribution < 1.29 is 8.42 Å². The Hall–Kier alpha value is -5.03. The number of anilines is 1. The molecule has 0 aliphatic heterocycles. The summed E-state index contributed by atoms with van der Waals surface area (Å²) in [5.41, 5.74) is 2.07. The molecule has 0 atom stereocenters. The first kappa shape index (κ1) is 23.7. The summed E-state index contributed by atoms with van der Waals surface area (Å²) < 4.78 is 29.3. The number of aromatic nitrogens is 4. The van der Waals surface area contributed by atoms with E-state index in [4.69, 9.17) is 11.3 Å². The zero-order valence-corrected chi connectivity index (χ0v) is 20.1. The Morgan fingerprint density at radius 2 is 1.73 bits per heavy atom. The number of nitrogens with one attached hydrogen (secondary N) is 2. The van der Waals surface area contributed by atoms with E-state index < -0.39 is 9.84 Å². The lowest BCUT2D eigenvalue weighted by molar-refractivity contribution is 0.583. The molecule has 0 saturated carbocycles. The van der Waals surface area contributed by atoms with Crippen LogP contribution in [0.5, 0.6) is 0 Å². The molecule has 11 heteroatoms. The highest BCUT2D eigenvalue weighted by Crippen LogP contribution is 2.25. The highest BCUT2D eigenvalue weighted by molar-refractivity contribution is 7.91. The maximum atomic E-state index is 13.4. The average Bonchev–Trinajstić information content (AvgIpc) is 3.27. The molecule has 0 amide bonds. The number of allylic oxidation sites excluding steroid dienone is 1. The molecule has 0 fully saturated rings. The van der Waals surface area contributed by atoms with Crippen LogP contribution in [-0.2, 0) is 9.84 Å². The molecule has 5 rings (SSSR count). The van der Waals surface area contributed by atoms with Crippen molar-refractivity contribution >= 4 is 38.5 Å². The third-order valence-electron chi connectivity index (χ3n) is 5.56. The van der Waals surface area contributed by atoms with Gasteiger partial charge in [0.1, 0.15) is 0 Å². The maximum Gasteiger partial charge on any atom is 0.252 e. The first-order valence-electron chi connectivity index (χ1n) is 11.1. The lowest BCUT2D eigenvalue weighted by atomic mass is 10.2. The van der Waals surface area contributed by atoms with Crippen molar-refractivity contribution in [3.63, 3.8) is 0 Å². The van der Waals surface area contributed by atoms with Gasteiger partial charge in [-0.2, -0.15) is 5.10 Å². The van der Waals surface area contributed by atoms with Gasteiger partial charge in [-0.25, -0.2) is 22.8 Å². The van der Waals surface area contributed by atoms with E-state index in [-0.39, 0.29) is 21.2 Å². The van der Waals surface area contributed by atoms with Gasteiger partial charge in [0.2, 0.25) is 15.3 Å². The van der Waals surface area contributed by atoms with Crippen molar-refractivity contribution in [2.24, 2.45) is 0 Å². The molecular weight excluding hydrogens is 490 g/mol. The first-order valence-corrected chi connectivity index (χ1v) is 12.6. The minimum atomic E-state index is -4.08. The van der Waals surface area contributed by atoms with Gasteiger partial charge >= 0.3 is 0 Å². The minimum absolute atomic E-state index is 0.0354. The third-order valence-corrected chi connectivity index (χ3v) is 7.21. The van der Waals surface area contributed by atoms with Gasteiger partial charge in [-0.1, -0.05) is 36.4 Å². The molecule has 2 aromatic heterocycles. The van der Waals surface area contributed by atoms with E-state index in [9.17, 15) is 13.2 Å². The molecule has 0 unspecified atom stereocenters. The topological polar surface area (TPSA) is 149 Å². The molecule has 184 valence electrons. The van der Waals surface area contributed by atoms with Gasteiger partial charge in [0.15, 0.2) is 5.69 Å². The van der Waals surface area contributed by atoms with E-state index in [1.54, 1.807) is 36.4 Å². The lowest BCUT2D eigenvalue weighted by Gasteiger charge is -2.13. The van der Waals surface area contributed by atoms with Gasteiger partial charge in [0, 0.05) is 24.2 Å². The van der Waals surface area contributed by atoms with Crippen LogP contribution >= 0.6 is 0 Å². The quantitative estimate of drug-likeness (QED) is 0.224. The molecule has 4 N–H and O–H groups in total. The van der Waals surface area contributed by atoms with Crippen LogP contribution in [0, 0.1) is 5.41 Å². The Labute approximate surface area is 211 Å². The predicted octanol–water partition coefficient (Wildman–Crippen LogP) is 3.23. The second-order valence-electron chi connectivity index (χ2n) is 7.97. The summed E-state index contributed by atoms with van der Waals surface area (Å²) in [6, 6.07) is 23.5. The monoisotopic (exact) mass is 511 g/mol. The van der Waals surface area contributed by atoms with E-state index in [0.29, 0.717) is 28.1 Å². The number of imidazole rings is 1. The van der Waals surface area contributed by atoms with Crippen molar-refractivity contribution in [1.29, 1.82) is 5.41 Å². The summed E-state index contributed by atoms with van der Waals surface area (Å²) in [5, 5.41) is 14.8.